The van der Waals surface area contributed by atoms with Gasteiger partial charge < -0.3 is 0 Å². The molecule has 5 heteroatoms. The molecule has 0 saturated carbocycles. The summed E-state index contributed by atoms with van der Waals surface area (Å²) in [7, 11) is -0.561. The molecule has 0 amide bonds. The summed E-state index contributed by atoms with van der Waals surface area (Å²) in [5, 5.41) is 1.08. The van der Waals surface area contributed by atoms with Crippen molar-refractivity contribution in [2.75, 3.05) is 0 Å². The van der Waals surface area contributed by atoms with Gasteiger partial charge in [-0.25, -0.2) is 0 Å². The molecule has 77 valence electrons. The molecule has 1 unspecified atom stereocenters. The predicted molar refractivity (Wildman–Crippen MR) is 70.8 cm³/mol. The third kappa shape index (κ3) is 3.11. The Hall–Kier alpha value is 0.737. The maximum atomic E-state index is 6.33. The predicted octanol–water partition coefficient (Wildman–Crippen LogP) is 4.67. The van der Waals surface area contributed by atoms with Gasteiger partial charge in [0.25, 0.3) is 0 Å². The van der Waals surface area contributed by atoms with Crippen molar-refractivity contribution in [1.29, 1.82) is 0 Å². The number of halogens is 3. The fourth-order valence-electron chi connectivity index (χ4n) is 1.17. The van der Waals surface area contributed by atoms with E-state index < -0.39 is 15.4 Å². The van der Waals surface area contributed by atoms with Crippen molar-refractivity contribution in [2.24, 2.45) is 0 Å². The van der Waals surface area contributed by atoms with Gasteiger partial charge in [-0.1, -0.05) is 59.8 Å². The van der Waals surface area contributed by atoms with E-state index in [4.69, 9.17) is 34.1 Å². The zero-order chi connectivity index (χ0) is 10.7. The van der Waals surface area contributed by atoms with Gasteiger partial charge in [0.05, 0.1) is 8.80 Å². The van der Waals surface area contributed by atoms with Crippen LogP contribution in [-0.2, 0) is 0 Å². The molecule has 0 fully saturated rings. The van der Waals surface area contributed by atoms with Crippen LogP contribution in [0.15, 0.2) is 24.3 Å². The van der Waals surface area contributed by atoms with E-state index in [0.29, 0.717) is 0 Å². The van der Waals surface area contributed by atoms with Crippen molar-refractivity contribution in [3.05, 3.63) is 29.8 Å². The molecule has 1 radical (unpaired) electrons. The minimum absolute atomic E-state index is 0.0821. The van der Waals surface area contributed by atoms with Crippen LogP contribution in [0, 0.1) is 0 Å². The number of alkyl halides is 1. The Labute approximate surface area is 102 Å². The molecule has 0 aliphatic heterocycles. The van der Waals surface area contributed by atoms with Gasteiger partial charge in [-0.05, 0) is 5.56 Å². The molecule has 1 aromatic carbocycles. The van der Waals surface area contributed by atoms with Crippen LogP contribution in [0.1, 0.15) is 10.6 Å². The molecule has 0 saturated heterocycles. The lowest BCUT2D eigenvalue weighted by Gasteiger charge is -2.16. The fraction of sp³-hybridized carbons (Fsp3) is 0.333. The van der Waals surface area contributed by atoms with Crippen molar-refractivity contribution in [2.45, 2.75) is 18.1 Å². The van der Waals surface area contributed by atoms with Gasteiger partial charge in [-0.15, -0.1) is 11.6 Å². The Bertz CT molecular complexity index is 304. The Kier molecular flexibility index (Phi) is 5.23. The van der Waals surface area contributed by atoms with Crippen LogP contribution in [-0.4, -0.2) is 8.80 Å². The smallest absolute Gasteiger partial charge is 0.117 e. The molecule has 1 aromatic rings. The first-order valence-corrected chi connectivity index (χ1v) is 10.4. The van der Waals surface area contributed by atoms with Crippen LogP contribution in [0.4, 0.5) is 0 Å². The van der Waals surface area contributed by atoms with E-state index in [1.807, 2.05) is 24.3 Å². The molecule has 1 rings (SSSR count). The molecule has 14 heavy (non-hydrogen) atoms. The topological polar surface area (TPSA) is 0 Å². The lowest BCUT2D eigenvalue weighted by atomic mass is 10.2. The summed E-state index contributed by atoms with van der Waals surface area (Å²) in [4.78, 5) is 0. The number of hydrogen-bond donors (Lipinski definition) is 0. The number of benzene rings is 1. The van der Waals surface area contributed by atoms with E-state index >= 15 is 0 Å². The van der Waals surface area contributed by atoms with Crippen LogP contribution in [0.2, 0.25) is 13.1 Å². The summed E-state index contributed by atoms with van der Waals surface area (Å²) < 4.78 is 0. The largest absolute Gasteiger partial charge is 0.122 e. The summed E-state index contributed by atoms with van der Waals surface area (Å²) in [6.07, 6.45) is 0. The van der Waals surface area contributed by atoms with Crippen LogP contribution in [0.3, 0.4) is 0 Å². The molecule has 0 spiro atoms. The Balaban J connectivity index is 3.06. The van der Waals surface area contributed by atoms with E-state index in [2.05, 4.69) is 13.1 Å². The van der Waals surface area contributed by atoms with Gasteiger partial charge in [0.2, 0.25) is 0 Å². The molecule has 1 atom stereocenters. The van der Waals surface area contributed by atoms with Crippen molar-refractivity contribution >= 4 is 54.8 Å². The van der Waals surface area contributed by atoms with Crippen molar-refractivity contribution in [1.82, 2.24) is 0 Å². The van der Waals surface area contributed by atoms with Crippen molar-refractivity contribution in [3.8, 4) is 0 Å². The molecule has 0 aromatic heterocycles. The Morgan fingerprint density at radius 2 is 1.79 bits per heavy atom. The minimum atomic E-state index is -1.10. The molecular formula is C9H11Cl3PSi. The van der Waals surface area contributed by atoms with Crippen LogP contribution >= 0.6 is 40.7 Å². The van der Waals surface area contributed by atoms with E-state index in [9.17, 15) is 0 Å². The standard InChI is InChI=1S/C9H11Cl3PSi/c1-14(2)9(10)7-5-3-4-6-8(7)13(11)12/h3-6,9H,1-2H3. The van der Waals surface area contributed by atoms with Gasteiger partial charge >= 0.3 is 0 Å². The first-order valence-electron chi connectivity index (χ1n) is 4.18. The lowest BCUT2D eigenvalue weighted by molar-refractivity contribution is 1.32. The normalized spacial score (nSPS) is 13.6. The quantitative estimate of drug-likeness (QED) is 0.430. The van der Waals surface area contributed by atoms with Crippen LogP contribution in [0.25, 0.3) is 0 Å². The number of hydrogen-bond acceptors (Lipinski definition) is 0. The van der Waals surface area contributed by atoms with Gasteiger partial charge in [-0.3, -0.25) is 0 Å². The zero-order valence-electron chi connectivity index (χ0n) is 7.97. The summed E-state index contributed by atoms with van der Waals surface area (Å²) in [5.41, 5.74) is 1.10. The molecule has 0 aliphatic rings. The third-order valence-corrected chi connectivity index (χ3v) is 6.63. The van der Waals surface area contributed by atoms with E-state index in [1.165, 1.54) is 0 Å². The Morgan fingerprint density at radius 1 is 1.21 bits per heavy atom. The maximum Gasteiger partial charge on any atom is 0.117 e. The lowest BCUT2D eigenvalue weighted by Crippen LogP contribution is -2.16. The van der Waals surface area contributed by atoms with Crippen molar-refractivity contribution in [3.63, 3.8) is 0 Å². The average Bonchev–Trinajstić information content (AvgIpc) is 2.16. The summed E-state index contributed by atoms with van der Waals surface area (Å²) in [6.45, 7) is 3.27. The summed E-state index contributed by atoms with van der Waals surface area (Å²) in [5.74, 6) is 0. The third-order valence-electron chi connectivity index (χ3n) is 1.90. The second-order valence-corrected chi connectivity index (χ2v) is 10.3. The molecule has 0 nitrogen and oxygen atoms in total. The first-order chi connectivity index (χ1) is 6.54. The van der Waals surface area contributed by atoms with Gasteiger partial charge in [0.1, 0.15) is 6.63 Å². The summed E-state index contributed by atoms with van der Waals surface area (Å²) in [6, 6.07) is 7.90. The highest BCUT2D eigenvalue weighted by atomic mass is 35.9. The highest BCUT2D eigenvalue weighted by Gasteiger charge is 2.19. The molecule has 0 bridgehead atoms. The van der Waals surface area contributed by atoms with Gasteiger partial charge in [-0.2, -0.15) is 0 Å². The van der Waals surface area contributed by atoms with Crippen LogP contribution in [0.5, 0.6) is 0 Å². The molecule has 0 aliphatic carbocycles. The van der Waals surface area contributed by atoms with E-state index in [1.54, 1.807) is 0 Å². The zero-order valence-corrected chi connectivity index (χ0v) is 12.1. The minimum Gasteiger partial charge on any atom is -0.122 e. The second kappa shape index (κ2) is 5.72. The number of rotatable bonds is 3. The van der Waals surface area contributed by atoms with Gasteiger partial charge in [0, 0.05) is 10.3 Å². The molecular weight excluding hydrogens is 274 g/mol. The monoisotopic (exact) mass is 283 g/mol. The van der Waals surface area contributed by atoms with Crippen LogP contribution < -0.4 is 5.30 Å². The first kappa shape index (κ1) is 12.8. The average molecular weight is 285 g/mol. The molecule has 0 heterocycles. The highest BCUT2D eigenvalue weighted by Crippen LogP contribution is 2.47. The SMILES string of the molecule is C[Si](C)C(Cl)c1ccccc1P(Cl)Cl. The molecule has 0 N–H and O–H groups in total. The van der Waals surface area contributed by atoms with Crippen molar-refractivity contribution < 1.29 is 0 Å². The summed E-state index contributed by atoms with van der Waals surface area (Å²) >= 11 is 18.2. The fourth-order valence-corrected chi connectivity index (χ4v) is 3.95. The van der Waals surface area contributed by atoms with E-state index in [0.717, 1.165) is 10.9 Å². The Morgan fingerprint density at radius 3 is 2.29 bits per heavy atom. The maximum absolute atomic E-state index is 6.33. The highest BCUT2D eigenvalue weighted by molar-refractivity contribution is 8.08. The van der Waals surface area contributed by atoms with Gasteiger partial charge in [0.15, 0.2) is 0 Å². The second-order valence-electron chi connectivity index (χ2n) is 3.23. The van der Waals surface area contributed by atoms with E-state index in [-0.39, 0.29) is 5.00 Å².